The minimum Gasteiger partial charge on any atom is -1.00 e. The molecule has 6 heteroatoms. The van der Waals surface area contributed by atoms with E-state index in [1.54, 1.807) is 42.6 Å². The van der Waals surface area contributed by atoms with Crippen LogP contribution in [0.1, 0.15) is 11.1 Å². The van der Waals surface area contributed by atoms with Gasteiger partial charge in [0, 0.05) is 29.3 Å². The molecule has 4 nitrogen and oxygen atoms in total. The molecule has 0 fully saturated rings. The minimum atomic E-state index is 0. The van der Waals surface area contributed by atoms with E-state index in [4.69, 9.17) is 0 Å². The third kappa shape index (κ3) is 9.02. The van der Waals surface area contributed by atoms with E-state index in [0.29, 0.717) is 11.3 Å². The van der Waals surface area contributed by atoms with E-state index in [0.717, 1.165) is 11.3 Å². The van der Waals surface area contributed by atoms with Crippen LogP contribution < -0.4 is 20.2 Å². The number of nitrogens with one attached hydrogen (secondary N) is 2. The molecular weight excluding hydrogens is 386 g/mol. The average Bonchev–Trinajstić information content (AvgIpc) is 2.80. The molecule has 4 aromatic carbocycles. The first-order valence-electron chi connectivity index (χ1n) is 9.54. The predicted molar refractivity (Wildman–Crippen MR) is 128 cm³/mol. The Bertz CT molecular complexity index is 1030. The number of hydrogen-bond acceptors (Lipinski definition) is 2. The standard InChI is InChI=1S/2C13H11NO.2Li/c15-13-9-5-4-6-11(13)10-14-12-7-2-1-3-8-12;15-13-9-5-4-8-12(13)14-10-11-6-2-1-3-7-11;;/h2*1-10,15H;;/q;;2*-1. The Morgan fingerprint density at radius 2 is 1.03 bits per heavy atom. The third-order valence-corrected chi connectivity index (χ3v) is 4.17. The summed E-state index contributed by atoms with van der Waals surface area (Å²) in [5.41, 5.74) is 3.28. The largest absolute Gasteiger partial charge is 1.00 e. The summed E-state index contributed by atoms with van der Waals surface area (Å²) in [5.74, 6) is 0.0330. The Morgan fingerprint density at radius 3 is 1.66 bits per heavy atom. The zero-order valence-corrected chi connectivity index (χ0v) is 18.4. The summed E-state index contributed by atoms with van der Waals surface area (Å²) < 4.78 is 0. The Kier molecular flexibility index (Phi) is 12.6. The van der Waals surface area contributed by atoms with E-state index in [-0.39, 0.29) is 49.2 Å². The van der Waals surface area contributed by atoms with Crippen molar-refractivity contribution in [2.75, 3.05) is 0 Å². The molecule has 2 N–H and O–H groups in total. The second kappa shape index (κ2) is 14.9. The SMILES string of the molecule is [Li-].[Li-].[O-]c1ccccc1C=[NH+]c1ccccc1.[O-]c1ccccc1[NH+]=Cc1ccccc1. The van der Waals surface area contributed by atoms with Gasteiger partial charge in [-0.15, -0.1) is 0 Å². The first-order chi connectivity index (χ1) is 14.7. The van der Waals surface area contributed by atoms with E-state index in [9.17, 15) is 10.2 Å². The van der Waals surface area contributed by atoms with Crippen molar-refractivity contribution in [2.45, 2.75) is 0 Å². The van der Waals surface area contributed by atoms with Gasteiger partial charge in [-0.2, -0.15) is 0 Å². The Balaban J connectivity index is 0.000000301. The maximum absolute atomic E-state index is 11.4. The molecule has 0 bridgehead atoms. The number of rotatable bonds is 4. The van der Waals surface area contributed by atoms with Gasteiger partial charge in [0.25, 0.3) is 0 Å². The van der Waals surface area contributed by atoms with Gasteiger partial charge in [0.2, 0.25) is 5.69 Å². The molecule has 0 aromatic heterocycles. The van der Waals surface area contributed by atoms with Gasteiger partial charge < -0.3 is 47.9 Å². The fourth-order valence-electron chi connectivity index (χ4n) is 2.59. The quantitative estimate of drug-likeness (QED) is 0.380. The van der Waals surface area contributed by atoms with Gasteiger partial charge in [0.15, 0.2) is 18.1 Å². The predicted octanol–water partition coefficient (Wildman–Crippen LogP) is 0.421. The van der Waals surface area contributed by atoms with E-state index in [1.807, 2.05) is 79.0 Å². The van der Waals surface area contributed by atoms with Gasteiger partial charge in [0.05, 0.1) is 0 Å². The Labute approximate surface area is 212 Å². The number of para-hydroxylation sites is 4. The molecule has 0 aliphatic rings. The fourth-order valence-corrected chi connectivity index (χ4v) is 2.59. The molecule has 0 aliphatic carbocycles. The fraction of sp³-hybridized carbons (Fsp3) is 0. The maximum atomic E-state index is 11.4. The molecule has 4 aromatic rings. The van der Waals surface area contributed by atoms with Crippen molar-refractivity contribution >= 4 is 61.5 Å². The molecule has 4 radical (unpaired) electrons. The molecule has 4 rings (SSSR count). The first-order valence-corrected chi connectivity index (χ1v) is 9.54. The Hall–Kier alpha value is -2.99. The zero-order chi connectivity index (χ0) is 21.0. The van der Waals surface area contributed by atoms with Gasteiger partial charge >= 0.3 is 0 Å². The van der Waals surface area contributed by atoms with Gasteiger partial charge in [-0.05, 0) is 23.9 Å². The van der Waals surface area contributed by atoms with Crippen molar-refractivity contribution in [1.29, 1.82) is 0 Å². The van der Waals surface area contributed by atoms with Crippen LogP contribution in [0.2, 0.25) is 0 Å². The van der Waals surface area contributed by atoms with Gasteiger partial charge in [-0.25, -0.2) is 9.98 Å². The zero-order valence-electron chi connectivity index (χ0n) is 18.4. The second-order valence-corrected chi connectivity index (χ2v) is 6.39. The van der Waals surface area contributed by atoms with Crippen LogP contribution in [-0.4, -0.2) is 50.2 Å². The van der Waals surface area contributed by atoms with Crippen molar-refractivity contribution < 1.29 is 20.2 Å². The molecule has 152 valence electrons. The topological polar surface area (TPSA) is 74.1 Å². The van der Waals surface area contributed by atoms with Crippen molar-refractivity contribution in [2.24, 2.45) is 0 Å². The minimum absolute atomic E-state index is 0. The molecule has 0 amide bonds. The van der Waals surface area contributed by atoms with Crippen molar-refractivity contribution in [1.82, 2.24) is 0 Å². The van der Waals surface area contributed by atoms with Crippen LogP contribution in [-0.2, 0) is 0 Å². The average molecular weight is 408 g/mol. The first kappa shape index (κ1) is 27.0. The van der Waals surface area contributed by atoms with Gasteiger partial charge in [-0.3, -0.25) is 0 Å². The van der Waals surface area contributed by atoms with Crippen LogP contribution in [0.5, 0.6) is 11.5 Å². The monoisotopic (exact) mass is 408 g/mol. The van der Waals surface area contributed by atoms with Crippen molar-refractivity contribution in [3.8, 4) is 11.5 Å². The van der Waals surface area contributed by atoms with E-state index in [1.165, 1.54) is 0 Å². The van der Waals surface area contributed by atoms with Crippen LogP contribution in [0, 0.1) is 0 Å². The van der Waals surface area contributed by atoms with Gasteiger partial charge in [-0.1, -0.05) is 78.5 Å². The maximum Gasteiger partial charge on any atom is 0.203 e. The van der Waals surface area contributed by atoms with Crippen LogP contribution in [0.25, 0.3) is 0 Å². The van der Waals surface area contributed by atoms with E-state index in [2.05, 4.69) is 9.98 Å². The van der Waals surface area contributed by atoms with Crippen LogP contribution in [0.15, 0.2) is 109 Å². The second-order valence-electron chi connectivity index (χ2n) is 6.39. The van der Waals surface area contributed by atoms with Crippen molar-refractivity contribution in [3.63, 3.8) is 0 Å². The number of hydrogen-bond donors (Lipinski definition) is 2. The molecule has 0 saturated heterocycles. The van der Waals surface area contributed by atoms with Crippen molar-refractivity contribution in [3.05, 3.63) is 120 Å². The smallest absolute Gasteiger partial charge is 0.203 e. The van der Waals surface area contributed by atoms with Gasteiger partial charge in [0.1, 0.15) is 0 Å². The normalized spacial score (nSPS) is 10.0. The van der Waals surface area contributed by atoms with Crippen LogP contribution in [0.4, 0.5) is 11.4 Å². The molecule has 0 aliphatic heterocycles. The molecule has 0 heterocycles. The summed E-state index contributed by atoms with van der Waals surface area (Å²) in [4.78, 5) is 6.07. The van der Waals surface area contributed by atoms with Crippen LogP contribution >= 0.6 is 0 Å². The molecule has 0 spiro atoms. The summed E-state index contributed by atoms with van der Waals surface area (Å²) in [6.07, 6.45) is 3.54. The third-order valence-electron chi connectivity index (χ3n) is 4.17. The summed E-state index contributed by atoms with van der Waals surface area (Å²) in [7, 11) is 0. The number of benzene rings is 4. The van der Waals surface area contributed by atoms with E-state index < -0.39 is 0 Å². The summed E-state index contributed by atoms with van der Waals surface area (Å²) in [6.45, 7) is 0. The summed E-state index contributed by atoms with van der Waals surface area (Å²) >= 11 is 0. The molecule has 0 atom stereocenters. The Morgan fingerprint density at radius 1 is 0.500 bits per heavy atom. The van der Waals surface area contributed by atoms with E-state index >= 15 is 0 Å². The molecule has 32 heavy (non-hydrogen) atoms. The molecule has 0 saturated carbocycles. The van der Waals surface area contributed by atoms with Crippen LogP contribution in [0.3, 0.4) is 0 Å². The molecular formula is C26H22Li2N2O2-2. The molecule has 0 unspecified atom stereocenters. The summed E-state index contributed by atoms with van der Waals surface area (Å²) in [5, 5.41) is 22.7. The summed E-state index contributed by atoms with van der Waals surface area (Å²) in [6, 6.07) is 33.4.